The van der Waals surface area contributed by atoms with Gasteiger partial charge >= 0.3 is 0 Å². The molecule has 2 aliphatic heterocycles. The maximum absolute atomic E-state index is 13.3. The summed E-state index contributed by atoms with van der Waals surface area (Å²) in [5.41, 5.74) is 5.08. The molecule has 172 valence electrons. The molecule has 2 aromatic rings. The highest BCUT2D eigenvalue weighted by Crippen LogP contribution is 2.26. The standard InChI is InChI=1S/C27H38N4O/c1-3-30-17-14-23-11-7-13-26(25(23)21-30)28-19-27(32)31(20-22-9-5-4-6-10-22)18-15-24-12-8-16-29(24)2/h4-7,9-11,13,24,28H,3,8,12,14-21H2,1-2H3. The third-order valence-corrected chi connectivity index (χ3v) is 7.20. The lowest BCUT2D eigenvalue weighted by Crippen LogP contribution is -2.38. The van der Waals surface area contributed by atoms with E-state index in [1.165, 1.54) is 36.1 Å². The van der Waals surface area contributed by atoms with E-state index >= 15 is 0 Å². The fourth-order valence-electron chi connectivity index (χ4n) is 5.10. The first-order valence-electron chi connectivity index (χ1n) is 12.2. The molecule has 0 aliphatic carbocycles. The van der Waals surface area contributed by atoms with Crippen LogP contribution in [0.4, 0.5) is 5.69 Å². The molecule has 1 amide bonds. The summed E-state index contributed by atoms with van der Waals surface area (Å²) >= 11 is 0. The molecule has 1 saturated heterocycles. The minimum absolute atomic E-state index is 0.176. The van der Waals surface area contributed by atoms with Crippen molar-refractivity contribution in [2.24, 2.45) is 0 Å². The first-order valence-corrected chi connectivity index (χ1v) is 12.2. The summed E-state index contributed by atoms with van der Waals surface area (Å²) in [5, 5.41) is 3.49. The van der Waals surface area contributed by atoms with Crippen LogP contribution in [0.15, 0.2) is 48.5 Å². The van der Waals surface area contributed by atoms with Crippen LogP contribution in [-0.4, -0.2) is 66.4 Å². The van der Waals surface area contributed by atoms with E-state index in [9.17, 15) is 4.79 Å². The molecule has 1 fully saturated rings. The minimum Gasteiger partial charge on any atom is -0.376 e. The maximum Gasteiger partial charge on any atom is 0.242 e. The second-order valence-corrected chi connectivity index (χ2v) is 9.28. The van der Waals surface area contributed by atoms with Gasteiger partial charge in [0.1, 0.15) is 0 Å². The van der Waals surface area contributed by atoms with Gasteiger partial charge in [-0.25, -0.2) is 0 Å². The van der Waals surface area contributed by atoms with Crippen LogP contribution >= 0.6 is 0 Å². The van der Waals surface area contributed by atoms with E-state index in [4.69, 9.17) is 0 Å². The van der Waals surface area contributed by atoms with Crippen LogP contribution in [0.25, 0.3) is 0 Å². The first-order chi connectivity index (χ1) is 15.6. The molecule has 1 unspecified atom stereocenters. The quantitative estimate of drug-likeness (QED) is 0.648. The van der Waals surface area contributed by atoms with Crippen molar-refractivity contribution in [3.8, 4) is 0 Å². The molecule has 4 rings (SSSR count). The van der Waals surface area contributed by atoms with E-state index < -0.39 is 0 Å². The molecule has 32 heavy (non-hydrogen) atoms. The van der Waals surface area contributed by atoms with E-state index in [2.05, 4.69) is 71.6 Å². The molecule has 0 saturated carbocycles. The zero-order valence-electron chi connectivity index (χ0n) is 19.7. The van der Waals surface area contributed by atoms with Crippen molar-refractivity contribution in [2.75, 3.05) is 45.1 Å². The van der Waals surface area contributed by atoms with Gasteiger partial charge in [-0.2, -0.15) is 0 Å². The van der Waals surface area contributed by atoms with Crippen molar-refractivity contribution in [2.45, 2.75) is 51.7 Å². The Morgan fingerprint density at radius 2 is 1.97 bits per heavy atom. The molecule has 0 spiro atoms. The molecular formula is C27H38N4O. The second-order valence-electron chi connectivity index (χ2n) is 9.28. The molecule has 2 aromatic carbocycles. The summed E-state index contributed by atoms with van der Waals surface area (Å²) in [5.74, 6) is 0.176. The summed E-state index contributed by atoms with van der Waals surface area (Å²) < 4.78 is 0. The van der Waals surface area contributed by atoms with Crippen molar-refractivity contribution < 1.29 is 4.79 Å². The number of nitrogens with one attached hydrogen (secondary N) is 1. The Morgan fingerprint density at radius 3 is 2.72 bits per heavy atom. The zero-order chi connectivity index (χ0) is 22.3. The van der Waals surface area contributed by atoms with Gasteiger partial charge < -0.3 is 15.1 Å². The summed E-state index contributed by atoms with van der Waals surface area (Å²) in [7, 11) is 2.21. The van der Waals surface area contributed by atoms with Gasteiger partial charge in [-0.15, -0.1) is 0 Å². The largest absolute Gasteiger partial charge is 0.376 e. The molecular weight excluding hydrogens is 396 g/mol. The van der Waals surface area contributed by atoms with Gasteiger partial charge in [-0.1, -0.05) is 49.4 Å². The average molecular weight is 435 g/mol. The molecule has 2 heterocycles. The normalized spacial score (nSPS) is 19.0. The average Bonchev–Trinajstić information content (AvgIpc) is 3.25. The molecule has 0 bridgehead atoms. The van der Waals surface area contributed by atoms with Crippen LogP contribution < -0.4 is 5.32 Å². The minimum atomic E-state index is 0.176. The van der Waals surface area contributed by atoms with E-state index in [0.717, 1.165) is 44.7 Å². The third kappa shape index (κ3) is 5.70. The van der Waals surface area contributed by atoms with Gasteiger partial charge in [0.25, 0.3) is 0 Å². The van der Waals surface area contributed by atoms with Crippen LogP contribution in [0, 0.1) is 0 Å². The Morgan fingerprint density at radius 1 is 1.12 bits per heavy atom. The molecule has 1 atom stereocenters. The number of likely N-dealkylation sites (tertiary alicyclic amines) is 1. The predicted octanol–water partition coefficient (Wildman–Crippen LogP) is 3.99. The Kier molecular flexibility index (Phi) is 7.82. The number of benzene rings is 2. The number of fused-ring (bicyclic) bond motifs is 1. The van der Waals surface area contributed by atoms with Gasteiger partial charge in [-0.05, 0) is 68.6 Å². The van der Waals surface area contributed by atoms with Crippen LogP contribution in [0.3, 0.4) is 0 Å². The lowest BCUT2D eigenvalue weighted by Gasteiger charge is -2.30. The summed E-state index contributed by atoms with van der Waals surface area (Å²) in [6.07, 6.45) is 4.64. The Labute approximate surface area is 193 Å². The smallest absolute Gasteiger partial charge is 0.242 e. The molecule has 5 nitrogen and oxygen atoms in total. The van der Waals surface area contributed by atoms with E-state index in [-0.39, 0.29) is 5.91 Å². The number of carbonyl (C=O) groups is 1. The summed E-state index contributed by atoms with van der Waals surface area (Å²) in [6, 6.07) is 17.4. The van der Waals surface area contributed by atoms with Gasteiger partial charge in [0.15, 0.2) is 0 Å². The zero-order valence-corrected chi connectivity index (χ0v) is 19.7. The highest BCUT2D eigenvalue weighted by molar-refractivity contribution is 5.81. The van der Waals surface area contributed by atoms with Crippen LogP contribution in [-0.2, 0) is 24.3 Å². The monoisotopic (exact) mass is 434 g/mol. The van der Waals surface area contributed by atoms with E-state index in [0.29, 0.717) is 19.1 Å². The van der Waals surface area contributed by atoms with Crippen molar-refractivity contribution in [3.05, 3.63) is 65.2 Å². The van der Waals surface area contributed by atoms with Crippen molar-refractivity contribution >= 4 is 11.6 Å². The SMILES string of the molecule is CCN1CCc2cccc(NCC(=O)N(CCC3CCCN3C)Cc3ccccc3)c2C1. The number of hydrogen-bond acceptors (Lipinski definition) is 4. The summed E-state index contributed by atoms with van der Waals surface area (Å²) in [4.78, 5) is 20.3. The highest BCUT2D eigenvalue weighted by Gasteiger charge is 2.23. The van der Waals surface area contributed by atoms with Gasteiger partial charge in [0.05, 0.1) is 6.54 Å². The fraction of sp³-hybridized carbons (Fsp3) is 0.519. The van der Waals surface area contributed by atoms with Crippen LogP contribution in [0.5, 0.6) is 0 Å². The topological polar surface area (TPSA) is 38.8 Å². The number of amides is 1. The Hall–Kier alpha value is -2.37. The van der Waals surface area contributed by atoms with Crippen molar-refractivity contribution in [3.63, 3.8) is 0 Å². The van der Waals surface area contributed by atoms with Crippen molar-refractivity contribution in [1.29, 1.82) is 0 Å². The molecule has 2 aliphatic rings. The second kappa shape index (κ2) is 11.0. The van der Waals surface area contributed by atoms with Crippen molar-refractivity contribution in [1.82, 2.24) is 14.7 Å². The summed E-state index contributed by atoms with van der Waals surface area (Å²) in [6.45, 7) is 8.36. The van der Waals surface area contributed by atoms with Crippen LogP contribution in [0.2, 0.25) is 0 Å². The highest BCUT2D eigenvalue weighted by atomic mass is 16.2. The molecule has 0 aromatic heterocycles. The number of carbonyl (C=O) groups excluding carboxylic acids is 1. The predicted molar refractivity (Wildman–Crippen MR) is 132 cm³/mol. The maximum atomic E-state index is 13.3. The van der Waals surface area contributed by atoms with Gasteiger partial charge in [0, 0.05) is 37.9 Å². The number of hydrogen-bond donors (Lipinski definition) is 1. The van der Waals surface area contributed by atoms with Crippen LogP contribution in [0.1, 0.15) is 42.9 Å². The lowest BCUT2D eigenvalue weighted by molar-refractivity contribution is -0.130. The third-order valence-electron chi connectivity index (χ3n) is 7.20. The number of rotatable bonds is 9. The Bertz CT molecular complexity index is 884. The molecule has 1 N–H and O–H groups in total. The van der Waals surface area contributed by atoms with E-state index in [1.807, 2.05) is 11.0 Å². The Balaban J connectivity index is 1.42. The van der Waals surface area contributed by atoms with Gasteiger partial charge in [0.2, 0.25) is 5.91 Å². The van der Waals surface area contributed by atoms with E-state index in [1.54, 1.807) is 0 Å². The number of likely N-dealkylation sites (N-methyl/N-ethyl adjacent to an activating group) is 1. The number of nitrogens with zero attached hydrogens (tertiary/aromatic N) is 3. The molecule has 5 heteroatoms. The lowest BCUT2D eigenvalue weighted by atomic mass is 9.98. The molecule has 0 radical (unpaired) electrons. The first kappa shape index (κ1) is 22.8. The number of anilines is 1. The van der Waals surface area contributed by atoms with Gasteiger partial charge in [-0.3, -0.25) is 9.69 Å². The fourth-order valence-corrected chi connectivity index (χ4v) is 5.10.